The second-order valence-electron chi connectivity index (χ2n) is 15.9. The van der Waals surface area contributed by atoms with E-state index in [1.165, 1.54) is 55.3 Å². The molecule has 12 rings (SSSR count). The Kier molecular flexibility index (Phi) is 8.11. The van der Waals surface area contributed by atoms with Gasteiger partial charge in [-0.25, -0.2) is 0 Å². The summed E-state index contributed by atoms with van der Waals surface area (Å²) in [4.78, 5) is 2.48. The number of nitrogens with zero attached hydrogens (tertiary/aromatic N) is 1. The molecule has 286 valence electrons. The van der Waals surface area contributed by atoms with Crippen LogP contribution in [0.3, 0.4) is 0 Å². The molecule has 1 aromatic heterocycles. The van der Waals surface area contributed by atoms with Crippen LogP contribution in [-0.2, 0) is 5.41 Å². The summed E-state index contributed by atoms with van der Waals surface area (Å²) in [5, 5.41) is 4.71. The van der Waals surface area contributed by atoms with Gasteiger partial charge in [0.25, 0.3) is 0 Å². The molecular weight excluding hydrogens is 739 g/mol. The Balaban J connectivity index is 1.14. The lowest BCUT2D eigenvalue weighted by Crippen LogP contribution is -2.28. The number of furan rings is 1. The summed E-state index contributed by atoms with van der Waals surface area (Å²) in [6, 6.07) is 86.0. The topological polar surface area (TPSA) is 16.4 Å². The first-order valence-electron chi connectivity index (χ1n) is 21.0. The molecule has 0 atom stereocenters. The normalized spacial score (nSPS) is 12.7. The van der Waals surface area contributed by atoms with Crippen LogP contribution in [-0.4, -0.2) is 0 Å². The smallest absolute Gasteiger partial charge is 0.143 e. The first-order valence-corrected chi connectivity index (χ1v) is 21.0. The molecule has 11 aromatic rings. The zero-order valence-corrected chi connectivity index (χ0v) is 33.4. The summed E-state index contributed by atoms with van der Waals surface area (Å²) in [6.07, 6.45) is 0. The minimum Gasteiger partial charge on any atom is -0.455 e. The molecular formula is C59H39NO. The van der Waals surface area contributed by atoms with Crippen LogP contribution in [0.4, 0.5) is 17.1 Å². The van der Waals surface area contributed by atoms with E-state index >= 15 is 0 Å². The highest BCUT2D eigenvalue weighted by atomic mass is 16.3. The number of rotatable bonds is 7. The van der Waals surface area contributed by atoms with Gasteiger partial charge in [0.05, 0.1) is 16.8 Å². The van der Waals surface area contributed by atoms with E-state index < -0.39 is 5.41 Å². The molecule has 0 saturated heterocycles. The van der Waals surface area contributed by atoms with E-state index in [2.05, 4.69) is 235 Å². The van der Waals surface area contributed by atoms with Gasteiger partial charge in [-0.2, -0.15) is 0 Å². The first kappa shape index (κ1) is 35.0. The Morgan fingerprint density at radius 1 is 0.344 bits per heavy atom. The van der Waals surface area contributed by atoms with Gasteiger partial charge in [0.1, 0.15) is 11.2 Å². The zero-order valence-electron chi connectivity index (χ0n) is 33.4. The highest BCUT2D eigenvalue weighted by Crippen LogP contribution is 2.60. The van der Waals surface area contributed by atoms with Gasteiger partial charge in [-0.1, -0.05) is 206 Å². The molecule has 10 aromatic carbocycles. The number of anilines is 3. The molecule has 61 heavy (non-hydrogen) atoms. The van der Waals surface area contributed by atoms with Crippen molar-refractivity contribution in [1.29, 1.82) is 0 Å². The van der Waals surface area contributed by atoms with E-state index in [-0.39, 0.29) is 0 Å². The minimum atomic E-state index is -0.534. The monoisotopic (exact) mass is 777 g/mol. The summed E-state index contributed by atoms with van der Waals surface area (Å²) in [5.41, 5.74) is 16.5. The van der Waals surface area contributed by atoms with E-state index in [0.29, 0.717) is 0 Å². The number of benzene rings is 10. The quantitative estimate of drug-likeness (QED) is 0.160. The van der Waals surface area contributed by atoms with Crippen molar-refractivity contribution in [2.45, 2.75) is 5.41 Å². The third-order valence-electron chi connectivity index (χ3n) is 12.8. The maximum absolute atomic E-state index is 6.71. The molecule has 0 amide bonds. The number of hydrogen-bond acceptors (Lipinski definition) is 2. The van der Waals surface area contributed by atoms with Gasteiger partial charge in [-0.15, -0.1) is 0 Å². The lowest BCUT2D eigenvalue weighted by Gasteiger charge is -2.34. The molecule has 1 aliphatic carbocycles. The molecule has 2 nitrogen and oxygen atoms in total. The van der Waals surface area contributed by atoms with Crippen molar-refractivity contribution in [3.05, 3.63) is 259 Å². The Morgan fingerprint density at radius 2 is 0.885 bits per heavy atom. The average Bonchev–Trinajstić information content (AvgIpc) is 3.87. The lowest BCUT2D eigenvalue weighted by atomic mass is 9.68. The SMILES string of the molecule is c1ccc(C2(c3ccccc3)c3ccccc3-c3c(N(c4ccc(-c5cccc6ccccc56)cc4)c4ccccc4-c4cccc5c4oc4ccccc45)cccc32)cc1. The summed E-state index contributed by atoms with van der Waals surface area (Å²) in [6.45, 7) is 0. The first-order chi connectivity index (χ1) is 30.3. The van der Waals surface area contributed by atoms with Crippen LogP contribution in [0.2, 0.25) is 0 Å². The maximum atomic E-state index is 6.71. The fourth-order valence-corrected chi connectivity index (χ4v) is 10.2. The van der Waals surface area contributed by atoms with Crippen LogP contribution in [0.5, 0.6) is 0 Å². The largest absolute Gasteiger partial charge is 0.455 e. The van der Waals surface area contributed by atoms with Gasteiger partial charge in [-0.05, 0) is 80.0 Å². The zero-order chi connectivity index (χ0) is 40.3. The molecule has 0 aliphatic heterocycles. The molecule has 0 unspecified atom stereocenters. The minimum absolute atomic E-state index is 0.534. The highest BCUT2D eigenvalue weighted by molar-refractivity contribution is 6.11. The second-order valence-corrected chi connectivity index (χ2v) is 15.9. The Morgan fingerprint density at radius 3 is 1.69 bits per heavy atom. The molecule has 1 aliphatic rings. The van der Waals surface area contributed by atoms with Crippen LogP contribution < -0.4 is 4.90 Å². The molecule has 0 saturated carbocycles. The van der Waals surface area contributed by atoms with E-state index in [1.807, 2.05) is 6.07 Å². The number of fused-ring (bicyclic) bond motifs is 7. The van der Waals surface area contributed by atoms with Crippen molar-refractivity contribution >= 4 is 49.8 Å². The molecule has 2 heteroatoms. The Bertz CT molecular complexity index is 3370. The molecule has 1 heterocycles. The van der Waals surface area contributed by atoms with Gasteiger partial charge in [0.2, 0.25) is 0 Å². The standard InChI is InChI=1S/C59H39NO/c1-3-20-42(21-4-1)59(43-22-5-2-6-23-43)52-31-12-9-27-51(52)57-53(59)32-17-34-55(57)60(44-38-36-41(37-39-44)46-28-15-19-40-18-7-8-24-45(40)46)54-33-13-10-25-47(54)49-29-16-30-50-48-26-11-14-35-56(48)61-58(49)50/h1-39H. The van der Waals surface area contributed by atoms with Crippen molar-refractivity contribution in [2.24, 2.45) is 0 Å². The van der Waals surface area contributed by atoms with Crippen molar-refractivity contribution in [3.63, 3.8) is 0 Å². The van der Waals surface area contributed by atoms with E-state index in [4.69, 9.17) is 4.42 Å². The van der Waals surface area contributed by atoms with Crippen LogP contribution >= 0.6 is 0 Å². The molecule has 0 fully saturated rings. The third kappa shape index (κ3) is 5.36. The van der Waals surface area contributed by atoms with Crippen molar-refractivity contribution in [1.82, 2.24) is 0 Å². The summed E-state index contributed by atoms with van der Waals surface area (Å²) in [5.74, 6) is 0. The maximum Gasteiger partial charge on any atom is 0.143 e. The number of para-hydroxylation sites is 3. The van der Waals surface area contributed by atoms with Crippen molar-refractivity contribution in [2.75, 3.05) is 4.90 Å². The predicted molar refractivity (Wildman–Crippen MR) is 254 cm³/mol. The van der Waals surface area contributed by atoms with Gasteiger partial charge < -0.3 is 9.32 Å². The molecule has 0 bridgehead atoms. The Hall–Kier alpha value is -7.94. The van der Waals surface area contributed by atoms with Gasteiger partial charge >= 0.3 is 0 Å². The average molecular weight is 778 g/mol. The van der Waals surface area contributed by atoms with Gasteiger partial charge in [-0.3, -0.25) is 0 Å². The number of hydrogen-bond donors (Lipinski definition) is 0. The van der Waals surface area contributed by atoms with Crippen LogP contribution in [0.15, 0.2) is 241 Å². The van der Waals surface area contributed by atoms with Crippen molar-refractivity contribution < 1.29 is 4.42 Å². The van der Waals surface area contributed by atoms with E-state index in [1.54, 1.807) is 0 Å². The van der Waals surface area contributed by atoms with Crippen LogP contribution in [0.25, 0.3) is 66.1 Å². The highest BCUT2D eigenvalue weighted by Gasteiger charge is 2.47. The lowest BCUT2D eigenvalue weighted by molar-refractivity contribution is 0.670. The third-order valence-corrected chi connectivity index (χ3v) is 12.8. The van der Waals surface area contributed by atoms with Gasteiger partial charge in [0, 0.05) is 33.2 Å². The summed E-state index contributed by atoms with van der Waals surface area (Å²) >= 11 is 0. The van der Waals surface area contributed by atoms with E-state index in [0.717, 1.165) is 50.1 Å². The van der Waals surface area contributed by atoms with Gasteiger partial charge in [0.15, 0.2) is 0 Å². The molecule has 0 N–H and O–H groups in total. The van der Waals surface area contributed by atoms with Crippen molar-refractivity contribution in [3.8, 4) is 33.4 Å². The fourth-order valence-electron chi connectivity index (χ4n) is 10.2. The summed E-state index contributed by atoms with van der Waals surface area (Å²) < 4.78 is 6.71. The molecule has 0 radical (unpaired) electrons. The Labute approximate surface area is 355 Å². The molecule has 0 spiro atoms. The second kappa shape index (κ2) is 14.1. The van der Waals surface area contributed by atoms with Crippen LogP contribution in [0.1, 0.15) is 22.3 Å². The predicted octanol–water partition coefficient (Wildman–Crippen LogP) is 15.9. The summed E-state index contributed by atoms with van der Waals surface area (Å²) in [7, 11) is 0. The fraction of sp³-hybridized carbons (Fsp3) is 0.0169. The van der Waals surface area contributed by atoms with Crippen LogP contribution in [0, 0.1) is 0 Å². The van der Waals surface area contributed by atoms with E-state index in [9.17, 15) is 0 Å².